The molecular formula is C20H22N6O3. The number of hydrogen-bond donors (Lipinski definition) is 1. The second-order valence-corrected chi connectivity index (χ2v) is 6.68. The van der Waals surface area contributed by atoms with Gasteiger partial charge in [0.25, 0.3) is 0 Å². The number of carbonyl (C=O) groups is 1. The molecule has 0 bridgehead atoms. The first-order valence-electron chi connectivity index (χ1n) is 9.36. The van der Waals surface area contributed by atoms with E-state index in [0.29, 0.717) is 37.0 Å². The van der Waals surface area contributed by atoms with Crippen LogP contribution in [0.3, 0.4) is 0 Å². The second kappa shape index (κ2) is 8.70. The molecule has 0 radical (unpaired) electrons. The largest absolute Gasteiger partial charge is 0.497 e. The standard InChI is InChI=1S/C20H22N6O3/c1-28-17-6-4-15(5-7-17)19-23-18(29-24-19)14-25-9-11-26(12-10-25)20(27)22-16-3-2-8-21-13-16/h2-8,13H,9-12,14H2,1H3,(H,22,27). The summed E-state index contributed by atoms with van der Waals surface area (Å²) in [6.07, 6.45) is 3.30. The van der Waals surface area contributed by atoms with Gasteiger partial charge in [0.05, 0.1) is 25.5 Å². The van der Waals surface area contributed by atoms with E-state index < -0.39 is 0 Å². The van der Waals surface area contributed by atoms with E-state index in [1.165, 1.54) is 0 Å². The number of benzene rings is 1. The van der Waals surface area contributed by atoms with Gasteiger partial charge in [0.1, 0.15) is 5.75 Å². The van der Waals surface area contributed by atoms with Crippen LogP contribution in [0.5, 0.6) is 5.75 Å². The minimum absolute atomic E-state index is 0.114. The lowest BCUT2D eigenvalue weighted by Crippen LogP contribution is -2.49. The number of nitrogens with zero attached hydrogens (tertiary/aromatic N) is 5. The van der Waals surface area contributed by atoms with E-state index in [9.17, 15) is 4.79 Å². The SMILES string of the molecule is COc1ccc(-c2noc(CN3CCN(C(=O)Nc4cccnc4)CC3)n2)cc1. The maximum atomic E-state index is 12.4. The summed E-state index contributed by atoms with van der Waals surface area (Å²) in [6, 6.07) is 11.0. The molecule has 1 saturated heterocycles. The van der Waals surface area contributed by atoms with Crippen LogP contribution in [0.15, 0.2) is 53.3 Å². The fourth-order valence-corrected chi connectivity index (χ4v) is 3.12. The van der Waals surface area contributed by atoms with E-state index in [1.807, 2.05) is 30.3 Å². The summed E-state index contributed by atoms with van der Waals surface area (Å²) >= 11 is 0. The fourth-order valence-electron chi connectivity index (χ4n) is 3.12. The molecule has 1 N–H and O–H groups in total. The molecule has 1 fully saturated rings. The summed E-state index contributed by atoms with van der Waals surface area (Å²) in [5.41, 5.74) is 1.56. The summed E-state index contributed by atoms with van der Waals surface area (Å²) in [7, 11) is 1.63. The van der Waals surface area contributed by atoms with Gasteiger partial charge in [0, 0.05) is 37.9 Å². The molecule has 0 saturated carbocycles. The van der Waals surface area contributed by atoms with Crippen LogP contribution >= 0.6 is 0 Å². The summed E-state index contributed by atoms with van der Waals surface area (Å²) in [6.45, 7) is 3.29. The molecule has 2 aromatic heterocycles. The van der Waals surface area contributed by atoms with Crippen molar-refractivity contribution in [1.29, 1.82) is 0 Å². The molecular weight excluding hydrogens is 372 g/mol. The first kappa shape index (κ1) is 18.9. The van der Waals surface area contributed by atoms with E-state index in [4.69, 9.17) is 9.26 Å². The number of nitrogens with one attached hydrogen (secondary N) is 1. The lowest BCUT2D eigenvalue weighted by molar-refractivity contribution is 0.133. The quantitative estimate of drug-likeness (QED) is 0.710. The van der Waals surface area contributed by atoms with Gasteiger partial charge in [0.2, 0.25) is 11.7 Å². The van der Waals surface area contributed by atoms with Crippen molar-refractivity contribution in [1.82, 2.24) is 24.9 Å². The van der Waals surface area contributed by atoms with E-state index in [0.717, 1.165) is 24.4 Å². The van der Waals surface area contributed by atoms with Gasteiger partial charge < -0.3 is 19.5 Å². The van der Waals surface area contributed by atoms with Gasteiger partial charge in [-0.25, -0.2) is 4.79 Å². The Morgan fingerprint density at radius 3 is 2.66 bits per heavy atom. The van der Waals surface area contributed by atoms with Gasteiger partial charge in [-0.05, 0) is 36.4 Å². The van der Waals surface area contributed by atoms with Crippen LogP contribution in [0.2, 0.25) is 0 Å². The Morgan fingerprint density at radius 1 is 1.17 bits per heavy atom. The Balaban J connectivity index is 1.28. The average molecular weight is 394 g/mol. The van der Waals surface area contributed by atoms with Crippen molar-refractivity contribution < 1.29 is 14.1 Å². The van der Waals surface area contributed by atoms with Crippen LogP contribution in [0.25, 0.3) is 11.4 Å². The fraction of sp³-hybridized carbons (Fsp3) is 0.300. The van der Waals surface area contributed by atoms with Gasteiger partial charge >= 0.3 is 6.03 Å². The third-order valence-corrected chi connectivity index (χ3v) is 4.75. The number of methoxy groups -OCH3 is 1. The Labute approximate surface area is 168 Å². The van der Waals surface area contributed by atoms with Crippen LogP contribution < -0.4 is 10.1 Å². The smallest absolute Gasteiger partial charge is 0.321 e. The number of piperazine rings is 1. The zero-order valence-electron chi connectivity index (χ0n) is 16.1. The maximum Gasteiger partial charge on any atom is 0.321 e. The number of rotatable bonds is 5. The molecule has 9 nitrogen and oxygen atoms in total. The van der Waals surface area contributed by atoms with Crippen LogP contribution in [0.4, 0.5) is 10.5 Å². The van der Waals surface area contributed by atoms with Crippen LogP contribution in [-0.4, -0.2) is 64.2 Å². The Bertz CT molecular complexity index is 936. The summed E-state index contributed by atoms with van der Waals surface area (Å²) in [5, 5.41) is 6.93. The zero-order valence-corrected chi connectivity index (χ0v) is 16.1. The Morgan fingerprint density at radius 2 is 1.97 bits per heavy atom. The Kier molecular flexibility index (Phi) is 5.66. The van der Waals surface area contributed by atoms with Crippen molar-refractivity contribution in [3.05, 3.63) is 54.7 Å². The molecule has 3 aromatic rings. The Hall–Kier alpha value is -3.46. The highest BCUT2D eigenvalue weighted by molar-refractivity contribution is 5.89. The minimum Gasteiger partial charge on any atom is -0.497 e. The summed E-state index contributed by atoms with van der Waals surface area (Å²) in [5.74, 6) is 1.89. The average Bonchev–Trinajstić information content (AvgIpc) is 3.23. The van der Waals surface area contributed by atoms with Crippen molar-refractivity contribution >= 4 is 11.7 Å². The van der Waals surface area contributed by atoms with Crippen LogP contribution in [-0.2, 0) is 6.54 Å². The van der Waals surface area contributed by atoms with Crippen LogP contribution in [0.1, 0.15) is 5.89 Å². The molecule has 0 atom stereocenters. The highest BCUT2D eigenvalue weighted by Gasteiger charge is 2.22. The molecule has 0 aliphatic carbocycles. The predicted molar refractivity (Wildman–Crippen MR) is 106 cm³/mol. The normalized spacial score (nSPS) is 14.6. The number of urea groups is 1. The first-order chi connectivity index (χ1) is 14.2. The highest BCUT2D eigenvalue weighted by atomic mass is 16.5. The van der Waals surface area contributed by atoms with E-state index in [2.05, 4.69) is 25.3 Å². The number of anilines is 1. The van der Waals surface area contributed by atoms with Crippen molar-refractivity contribution in [2.45, 2.75) is 6.54 Å². The third kappa shape index (κ3) is 4.69. The monoisotopic (exact) mass is 394 g/mol. The summed E-state index contributed by atoms with van der Waals surface area (Å²) < 4.78 is 10.6. The van der Waals surface area contributed by atoms with Crippen molar-refractivity contribution in [3.63, 3.8) is 0 Å². The zero-order chi connectivity index (χ0) is 20.1. The van der Waals surface area contributed by atoms with Crippen LogP contribution in [0, 0.1) is 0 Å². The van der Waals surface area contributed by atoms with Gasteiger partial charge in [-0.2, -0.15) is 4.98 Å². The molecule has 2 amide bonds. The minimum atomic E-state index is -0.114. The van der Waals surface area contributed by atoms with Gasteiger partial charge in [0.15, 0.2) is 0 Å². The lowest BCUT2D eigenvalue weighted by Gasteiger charge is -2.33. The van der Waals surface area contributed by atoms with Crippen molar-refractivity contribution in [3.8, 4) is 17.1 Å². The summed E-state index contributed by atoms with van der Waals surface area (Å²) in [4.78, 5) is 24.8. The van der Waals surface area contributed by atoms with Crippen molar-refractivity contribution in [2.24, 2.45) is 0 Å². The number of hydrogen-bond acceptors (Lipinski definition) is 7. The molecule has 0 spiro atoms. The molecule has 150 valence electrons. The molecule has 1 aliphatic rings. The van der Waals surface area contributed by atoms with E-state index in [-0.39, 0.29) is 6.03 Å². The van der Waals surface area contributed by atoms with Gasteiger partial charge in [-0.3, -0.25) is 9.88 Å². The number of ether oxygens (including phenoxy) is 1. The topological polar surface area (TPSA) is 96.6 Å². The highest BCUT2D eigenvalue weighted by Crippen LogP contribution is 2.20. The molecule has 4 rings (SSSR count). The van der Waals surface area contributed by atoms with Gasteiger partial charge in [-0.1, -0.05) is 5.16 Å². The molecule has 29 heavy (non-hydrogen) atoms. The van der Waals surface area contributed by atoms with E-state index >= 15 is 0 Å². The number of carbonyl (C=O) groups excluding carboxylic acids is 1. The molecule has 3 heterocycles. The maximum absolute atomic E-state index is 12.4. The van der Waals surface area contributed by atoms with Crippen molar-refractivity contribution in [2.75, 3.05) is 38.6 Å². The number of amides is 2. The molecule has 1 aliphatic heterocycles. The predicted octanol–water partition coefficient (Wildman–Crippen LogP) is 2.49. The second-order valence-electron chi connectivity index (χ2n) is 6.68. The first-order valence-corrected chi connectivity index (χ1v) is 9.36. The molecule has 9 heteroatoms. The lowest BCUT2D eigenvalue weighted by atomic mass is 10.2. The number of pyridine rings is 1. The van der Waals surface area contributed by atoms with E-state index in [1.54, 1.807) is 30.5 Å². The number of aromatic nitrogens is 3. The third-order valence-electron chi connectivity index (χ3n) is 4.75. The molecule has 1 aromatic carbocycles. The molecule has 0 unspecified atom stereocenters. The van der Waals surface area contributed by atoms with Gasteiger partial charge in [-0.15, -0.1) is 0 Å².